The molecule has 0 heterocycles. The van der Waals surface area contributed by atoms with E-state index in [1.165, 1.54) is 23.5 Å². The molecule has 0 aliphatic rings. The van der Waals surface area contributed by atoms with Crippen LogP contribution < -0.4 is 10.6 Å². The van der Waals surface area contributed by atoms with Crippen molar-refractivity contribution in [3.05, 3.63) is 81.8 Å². The van der Waals surface area contributed by atoms with Gasteiger partial charge in [-0.1, -0.05) is 29.3 Å². The summed E-state index contributed by atoms with van der Waals surface area (Å²) in [5.41, 5.74) is 2.10. The van der Waals surface area contributed by atoms with E-state index in [4.69, 9.17) is 23.2 Å². The zero-order chi connectivity index (χ0) is 21.7. The van der Waals surface area contributed by atoms with Crippen molar-refractivity contribution in [1.82, 2.24) is 0 Å². The highest BCUT2D eigenvalue weighted by Crippen LogP contribution is 2.27. The van der Waals surface area contributed by atoms with Crippen LogP contribution in [0, 0.1) is 0 Å². The maximum Gasteiger partial charge on any atom is 0.256 e. The molecular weight excluding hydrogens is 459 g/mol. The molecule has 3 aromatic carbocycles. The highest BCUT2D eigenvalue weighted by atomic mass is 35.5. The Bertz CT molecular complexity index is 1020. The van der Waals surface area contributed by atoms with E-state index < -0.39 is 0 Å². The Morgan fingerprint density at radius 3 is 1.53 bits per heavy atom. The third-order valence-corrected chi connectivity index (χ3v) is 6.25. The van der Waals surface area contributed by atoms with Crippen molar-refractivity contribution >= 4 is 69.9 Å². The molecule has 2 N–H and O–H groups in total. The first kappa shape index (κ1) is 22.6. The smallest absolute Gasteiger partial charge is 0.256 e. The fourth-order valence-electron chi connectivity index (χ4n) is 2.79. The molecule has 2 amide bonds. The van der Waals surface area contributed by atoms with Crippen molar-refractivity contribution in [3.63, 3.8) is 0 Å². The van der Waals surface area contributed by atoms with Gasteiger partial charge >= 0.3 is 0 Å². The largest absolute Gasteiger partial charge is 0.322 e. The first-order valence-corrected chi connectivity index (χ1v) is 12.0. The number of carbonyl (C=O) groups excluding carboxylic acids is 2. The van der Waals surface area contributed by atoms with E-state index in [0.717, 1.165) is 9.79 Å². The summed E-state index contributed by atoms with van der Waals surface area (Å²) in [6, 6.07) is 17.4. The molecule has 0 atom stereocenters. The van der Waals surface area contributed by atoms with Crippen molar-refractivity contribution in [2.45, 2.75) is 9.79 Å². The van der Waals surface area contributed by atoms with E-state index in [1.54, 1.807) is 48.5 Å². The van der Waals surface area contributed by atoms with Crippen molar-refractivity contribution in [1.29, 1.82) is 0 Å². The van der Waals surface area contributed by atoms with Crippen LogP contribution in [0.25, 0.3) is 0 Å². The molecule has 3 aromatic rings. The number of thioether (sulfide) groups is 2. The lowest BCUT2D eigenvalue weighted by Gasteiger charge is -2.12. The Labute approximate surface area is 193 Å². The molecule has 0 aliphatic heterocycles. The Morgan fingerprint density at radius 2 is 1.13 bits per heavy atom. The van der Waals surface area contributed by atoms with E-state index >= 15 is 0 Å². The number of carbonyl (C=O) groups is 2. The second-order valence-corrected chi connectivity index (χ2v) is 8.75. The third-order valence-electron chi connectivity index (χ3n) is 4.19. The fourth-order valence-corrected chi connectivity index (χ4v) is 4.28. The molecule has 0 fully saturated rings. The van der Waals surface area contributed by atoms with Gasteiger partial charge in [0.25, 0.3) is 11.8 Å². The molecule has 0 radical (unpaired) electrons. The Balaban J connectivity index is 1.79. The number of nitrogens with one attached hydrogen (secondary N) is 2. The maximum atomic E-state index is 12.7. The van der Waals surface area contributed by atoms with E-state index in [2.05, 4.69) is 10.6 Å². The Kier molecular flexibility index (Phi) is 7.72. The quantitative estimate of drug-likeness (QED) is 0.378. The van der Waals surface area contributed by atoms with Crippen molar-refractivity contribution < 1.29 is 9.59 Å². The number of hydrogen-bond acceptors (Lipinski definition) is 4. The summed E-state index contributed by atoms with van der Waals surface area (Å²) in [6.07, 6.45) is 3.80. The highest BCUT2D eigenvalue weighted by molar-refractivity contribution is 7.99. The number of halogens is 2. The topological polar surface area (TPSA) is 58.2 Å². The standard InChI is InChI=1S/C22H18Cl2N2O2S2/c1-29-19-8-6-13(23)10-17(19)21(27)25-15-4-3-5-16(12-15)26-22(28)18-11-14(24)7-9-20(18)30-2/h3-12H,1-2H3,(H,25,27)(H,26,28). The van der Waals surface area contributed by atoms with Gasteiger partial charge in [0.2, 0.25) is 0 Å². The lowest BCUT2D eigenvalue weighted by Crippen LogP contribution is -2.15. The first-order valence-electron chi connectivity index (χ1n) is 8.81. The lowest BCUT2D eigenvalue weighted by atomic mass is 10.2. The van der Waals surface area contributed by atoms with Crippen LogP contribution >= 0.6 is 46.7 Å². The van der Waals surface area contributed by atoms with E-state index in [-0.39, 0.29) is 11.8 Å². The molecule has 30 heavy (non-hydrogen) atoms. The molecule has 0 unspecified atom stereocenters. The van der Waals surface area contributed by atoms with Gasteiger partial charge in [-0.2, -0.15) is 0 Å². The zero-order valence-corrected chi connectivity index (χ0v) is 19.3. The molecule has 4 nitrogen and oxygen atoms in total. The van der Waals surface area contributed by atoms with Gasteiger partial charge in [-0.25, -0.2) is 0 Å². The van der Waals surface area contributed by atoms with Gasteiger partial charge in [0.05, 0.1) is 11.1 Å². The number of anilines is 2. The molecule has 154 valence electrons. The molecule has 0 aliphatic carbocycles. The monoisotopic (exact) mass is 476 g/mol. The van der Waals surface area contributed by atoms with E-state index in [0.29, 0.717) is 32.5 Å². The van der Waals surface area contributed by atoms with Gasteiger partial charge in [-0.3, -0.25) is 9.59 Å². The minimum absolute atomic E-state index is 0.273. The van der Waals surface area contributed by atoms with Gasteiger partial charge in [0.15, 0.2) is 0 Å². The molecular formula is C22H18Cl2N2O2S2. The number of benzene rings is 3. The molecule has 0 saturated heterocycles. The lowest BCUT2D eigenvalue weighted by molar-refractivity contribution is 0.101. The van der Waals surface area contributed by atoms with Crippen molar-refractivity contribution in [2.24, 2.45) is 0 Å². The maximum absolute atomic E-state index is 12.7. The summed E-state index contributed by atoms with van der Waals surface area (Å²) in [5.74, 6) is -0.547. The zero-order valence-electron chi connectivity index (χ0n) is 16.2. The predicted molar refractivity (Wildman–Crippen MR) is 129 cm³/mol. The van der Waals surface area contributed by atoms with Gasteiger partial charge in [0, 0.05) is 31.2 Å². The number of amides is 2. The van der Waals surface area contributed by atoms with Crippen LogP contribution in [0.5, 0.6) is 0 Å². The predicted octanol–water partition coefficient (Wildman–Crippen LogP) is 6.94. The average Bonchev–Trinajstić information content (AvgIpc) is 2.73. The van der Waals surface area contributed by atoms with Crippen LogP contribution in [0.4, 0.5) is 11.4 Å². The third kappa shape index (κ3) is 5.52. The van der Waals surface area contributed by atoms with E-state index in [9.17, 15) is 9.59 Å². The van der Waals surface area contributed by atoms with Crippen LogP contribution in [-0.4, -0.2) is 24.3 Å². The first-order chi connectivity index (χ1) is 14.4. The summed E-state index contributed by atoms with van der Waals surface area (Å²) in [7, 11) is 0. The molecule has 0 aromatic heterocycles. The number of rotatable bonds is 6. The molecule has 3 rings (SSSR count). The van der Waals surface area contributed by atoms with Crippen LogP contribution in [0.2, 0.25) is 10.0 Å². The van der Waals surface area contributed by atoms with Gasteiger partial charge in [-0.15, -0.1) is 23.5 Å². The Hall–Kier alpha value is -2.12. The normalized spacial score (nSPS) is 10.5. The van der Waals surface area contributed by atoms with Gasteiger partial charge in [0.1, 0.15) is 0 Å². The van der Waals surface area contributed by atoms with Crippen LogP contribution in [0.1, 0.15) is 20.7 Å². The number of hydrogen-bond donors (Lipinski definition) is 2. The summed E-state index contributed by atoms with van der Waals surface area (Å²) < 4.78 is 0. The van der Waals surface area contributed by atoms with Crippen LogP contribution in [0.3, 0.4) is 0 Å². The summed E-state index contributed by atoms with van der Waals surface area (Å²) in [5, 5.41) is 6.70. The van der Waals surface area contributed by atoms with Gasteiger partial charge in [-0.05, 0) is 67.1 Å². The second-order valence-electron chi connectivity index (χ2n) is 6.18. The van der Waals surface area contributed by atoms with E-state index in [1.807, 2.05) is 24.6 Å². The summed E-state index contributed by atoms with van der Waals surface area (Å²) >= 11 is 15.0. The minimum atomic E-state index is -0.273. The van der Waals surface area contributed by atoms with Crippen LogP contribution in [-0.2, 0) is 0 Å². The molecule has 0 bridgehead atoms. The molecule has 0 spiro atoms. The SMILES string of the molecule is CSc1ccc(Cl)cc1C(=O)Nc1cccc(NC(=O)c2cc(Cl)ccc2SC)c1. The van der Waals surface area contributed by atoms with Crippen molar-refractivity contribution in [3.8, 4) is 0 Å². The molecule has 0 saturated carbocycles. The Morgan fingerprint density at radius 1 is 0.700 bits per heavy atom. The van der Waals surface area contributed by atoms with Crippen molar-refractivity contribution in [2.75, 3.05) is 23.1 Å². The minimum Gasteiger partial charge on any atom is -0.322 e. The fraction of sp³-hybridized carbons (Fsp3) is 0.0909. The highest BCUT2D eigenvalue weighted by Gasteiger charge is 2.14. The second kappa shape index (κ2) is 10.3. The van der Waals surface area contributed by atoms with Gasteiger partial charge < -0.3 is 10.6 Å². The van der Waals surface area contributed by atoms with Crippen LogP contribution in [0.15, 0.2) is 70.5 Å². The average molecular weight is 477 g/mol. The summed E-state index contributed by atoms with van der Waals surface area (Å²) in [6.45, 7) is 0. The molecule has 8 heteroatoms. The summed E-state index contributed by atoms with van der Waals surface area (Å²) in [4.78, 5) is 27.1.